The van der Waals surface area contributed by atoms with E-state index in [4.69, 9.17) is 4.74 Å². The van der Waals surface area contributed by atoms with E-state index < -0.39 is 0 Å². The molecule has 0 aliphatic heterocycles. The van der Waals surface area contributed by atoms with Crippen molar-refractivity contribution in [3.05, 3.63) is 29.8 Å². The van der Waals surface area contributed by atoms with E-state index in [-0.39, 0.29) is 5.97 Å². The SMILES string of the molecule is CCCOC(=O)CCSc1nnc(Nc2cccc(C)c2)s1. The van der Waals surface area contributed by atoms with Crippen molar-refractivity contribution in [2.45, 2.75) is 31.0 Å². The summed E-state index contributed by atoms with van der Waals surface area (Å²) in [6.45, 7) is 4.52. The number of benzene rings is 1. The summed E-state index contributed by atoms with van der Waals surface area (Å²) in [6.07, 6.45) is 1.24. The normalized spacial score (nSPS) is 10.5. The van der Waals surface area contributed by atoms with Crippen molar-refractivity contribution in [3.63, 3.8) is 0 Å². The van der Waals surface area contributed by atoms with Crippen LogP contribution in [0.15, 0.2) is 28.6 Å². The Balaban J connectivity index is 1.78. The van der Waals surface area contributed by atoms with Crippen molar-refractivity contribution in [1.82, 2.24) is 10.2 Å². The van der Waals surface area contributed by atoms with Crippen LogP contribution in [0.4, 0.5) is 10.8 Å². The second-order valence-electron chi connectivity index (χ2n) is 4.69. The van der Waals surface area contributed by atoms with Gasteiger partial charge in [-0.3, -0.25) is 4.79 Å². The van der Waals surface area contributed by atoms with E-state index in [9.17, 15) is 4.79 Å². The lowest BCUT2D eigenvalue weighted by Gasteiger charge is -2.02. The van der Waals surface area contributed by atoms with Gasteiger partial charge < -0.3 is 10.1 Å². The number of thioether (sulfide) groups is 1. The van der Waals surface area contributed by atoms with Crippen molar-refractivity contribution in [2.75, 3.05) is 17.7 Å². The molecule has 0 radical (unpaired) electrons. The number of ether oxygens (including phenoxy) is 1. The van der Waals surface area contributed by atoms with Crippen LogP contribution in [0, 0.1) is 6.92 Å². The number of rotatable bonds is 8. The molecule has 7 heteroatoms. The molecule has 0 aliphatic rings. The van der Waals surface area contributed by atoms with Crippen LogP contribution in [-0.4, -0.2) is 28.5 Å². The summed E-state index contributed by atoms with van der Waals surface area (Å²) in [5.41, 5.74) is 2.19. The van der Waals surface area contributed by atoms with Crippen molar-refractivity contribution >= 4 is 39.9 Å². The van der Waals surface area contributed by atoms with Crippen LogP contribution in [0.5, 0.6) is 0 Å². The molecule has 0 atom stereocenters. The van der Waals surface area contributed by atoms with Crippen molar-refractivity contribution in [2.24, 2.45) is 0 Å². The third-order valence-corrected chi connectivity index (χ3v) is 4.65. The Kier molecular flexibility index (Phi) is 6.67. The van der Waals surface area contributed by atoms with Gasteiger partial charge in [-0.1, -0.05) is 42.2 Å². The Labute approximate surface area is 138 Å². The molecule has 5 nitrogen and oxygen atoms in total. The fourth-order valence-electron chi connectivity index (χ4n) is 1.67. The van der Waals surface area contributed by atoms with E-state index in [0.29, 0.717) is 18.8 Å². The van der Waals surface area contributed by atoms with Crippen molar-refractivity contribution < 1.29 is 9.53 Å². The summed E-state index contributed by atoms with van der Waals surface area (Å²) in [7, 11) is 0. The van der Waals surface area contributed by atoms with Crippen LogP contribution in [0.2, 0.25) is 0 Å². The second-order valence-corrected chi connectivity index (χ2v) is 7.01. The van der Waals surface area contributed by atoms with E-state index in [1.54, 1.807) is 0 Å². The molecule has 1 aromatic carbocycles. The molecule has 118 valence electrons. The lowest BCUT2D eigenvalue weighted by molar-refractivity contribution is -0.143. The standard InChI is InChI=1S/C15H19N3O2S2/c1-3-8-20-13(19)7-9-21-15-18-17-14(22-15)16-12-6-4-5-11(2)10-12/h4-6,10H,3,7-9H2,1-2H3,(H,16,17). The molecule has 0 saturated heterocycles. The quantitative estimate of drug-likeness (QED) is 0.580. The molecule has 2 aromatic rings. The van der Waals surface area contributed by atoms with Crippen molar-refractivity contribution in [1.29, 1.82) is 0 Å². The summed E-state index contributed by atoms with van der Waals surface area (Å²) in [6, 6.07) is 8.09. The zero-order chi connectivity index (χ0) is 15.8. The first-order valence-corrected chi connectivity index (χ1v) is 8.93. The fourth-order valence-corrected chi connectivity index (χ4v) is 3.44. The highest BCUT2D eigenvalue weighted by Gasteiger charge is 2.07. The molecule has 0 saturated carbocycles. The molecule has 0 spiro atoms. The van der Waals surface area contributed by atoms with Crippen molar-refractivity contribution in [3.8, 4) is 0 Å². The van der Waals surface area contributed by atoms with E-state index >= 15 is 0 Å². The summed E-state index contributed by atoms with van der Waals surface area (Å²) >= 11 is 3.00. The molecule has 0 aliphatic carbocycles. The number of carbonyl (C=O) groups excluding carboxylic acids is 1. The maximum Gasteiger partial charge on any atom is 0.306 e. The largest absolute Gasteiger partial charge is 0.466 e. The minimum absolute atomic E-state index is 0.156. The van der Waals surface area contributed by atoms with Crippen LogP contribution >= 0.6 is 23.1 Å². The number of aromatic nitrogens is 2. The van der Waals surface area contributed by atoms with Gasteiger partial charge >= 0.3 is 5.97 Å². The van der Waals surface area contributed by atoms with Gasteiger partial charge in [0.05, 0.1) is 13.0 Å². The Hall–Kier alpha value is -1.60. The van der Waals surface area contributed by atoms with Gasteiger partial charge in [-0.15, -0.1) is 10.2 Å². The molecule has 1 heterocycles. The first-order chi connectivity index (χ1) is 10.7. The molecule has 22 heavy (non-hydrogen) atoms. The van der Waals surface area contributed by atoms with E-state index in [2.05, 4.69) is 21.6 Å². The number of aryl methyl sites for hydroxylation is 1. The zero-order valence-corrected chi connectivity index (χ0v) is 14.3. The highest BCUT2D eigenvalue weighted by atomic mass is 32.2. The highest BCUT2D eigenvalue weighted by Crippen LogP contribution is 2.28. The summed E-state index contributed by atoms with van der Waals surface area (Å²) in [5.74, 6) is 0.499. The summed E-state index contributed by atoms with van der Waals surface area (Å²) in [4.78, 5) is 11.4. The van der Waals surface area contributed by atoms with Crippen LogP contribution in [0.25, 0.3) is 0 Å². The van der Waals surface area contributed by atoms with E-state index in [1.807, 2.05) is 32.0 Å². The number of carbonyl (C=O) groups is 1. The number of hydrogen-bond donors (Lipinski definition) is 1. The van der Waals surface area contributed by atoms with Gasteiger partial charge in [0.25, 0.3) is 0 Å². The number of hydrogen-bond acceptors (Lipinski definition) is 7. The molecule has 0 bridgehead atoms. The number of anilines is 2. The molecule has 0 fully saturated rings. The Morgan fingerprint density at radius 1 is 1.41 bits per heavy atom. The van der Waals surface area contributed by atoms with Gasteiger partial charge in [0.1, 0.15) is 0 Å². The molecule has 1 aromatic heterocycles. The molecular weight excluding hydrogens is 318 g/mol. The van der Waals surface area contributed by atoms with Crippen LogP contribution in [-0.2, 0) is 9.53 Å². The zero-order valence-electron chi connectivity index (χ0n) is 12.7. The van der Waals surface area contributed by atoms with Crippen LogP contribution in [0.1, 0.15) is 25.3 Å². The molecule has 0 amide bonds. The average molecular weight is 337 g/mol. The predicted molar refractivity (Wildman–Crippen MR) is 91.0 cm³/mol. The highest BCUT2D eigenvalue weighted by molar-refractivity contribution is 8.01. The van der Waals surface area contributed by atoms with Gasteiger partial charge in [-0.2, -0.15) is 0 Å². The van der Waals surface area contributed by atoms with Gasteiger partial charge in [0.15, 0.2) is 4.34 Å². The van der Waals surface area contributed by atoms with E-state index in [1.165, 1.54) is 28.7 Å². The molecule has 2 rings (SSSR count). The number of nitrogens with zero attached hydrogens (tertiary/aromatic N) is 2. The van der Waals surface area contributed by atoms with Gasteiger partial charge in [-0.05, 0) is 31.0 Å². The lowest BCUT2D eigenvalue weighted by Crippen LogP contribution is -2.05. The summed E-state index contributed by atoms with van der Waals surface area (Å²) < 4.78 is 5.87. The van der Waals surface area contributed by atoms with E-state index in [0.717, 1.165) is 21.6 Å². The number of nitrogens with one attached hydrogen (secondary N) is 1. The smallest absolute Gasteiger partial charge is 0.306 e. The number of esters is 1. The Bertz CT molecular complexity index is 616. The lowest BCUT2D eigenvalue weighted by atomic mass is 10.2. The fraction of sp³-hybridized carbons (Fsp3) is 0.400. The second kappa shape index (κ2) is 8.75. The first-order valence-electron chi connectivity index (χ1n) is 7.13. The first kappa shape index (κ1) is 16.8. The topological polar surface area (TPSA) is 64.1 Å². The van der Waals surface area contributed by atoms with Gasteiger partial charge in [0, 0.05) is 11.4 Å². The molecule has 0 unspecified atom stereocenters. The third kappa shape index (κ3) is 5.65. The maximum absolute atomic E-state index is 11.4. The third-order valence-electron chi connectivity index (χ3n) is 2.67. The van der Waals surface area contributed by atoms with Crippen LogP contribution < -0.4 is 5.32 Å². The maximum atomic E-state index is 11.4. The average Bonchev–Trinajstić information content (AvgIpc) is 2.92. The summed E-state index contributed by atoms with van der Waals surface area (Å²) in [5, 5.41) is 12.2. The van der Waals surface area contributed by atoms with Crippen LogP contribution in [0.3, 0.4) is 0 Å². The molecular formula is C15H19N3O2S2. The predicted octanol–water partition coefficient (Wildman–Crippen LogP) is 4.03. The van der Waals surface area contributed by atoms with Gasteiger partial charge in [0.2, 0.25) is 5.13 Å². The van der Waals surface area contributed by atoms with Gasteiger partial charge in [-0.25, -0.2) is 0 Å². The monoisotopic (exact) mass is 337 g/mol. The Morgan fingerprint density at radius 3 is 3.05 bits per heavy atom. The minimum Gasteiger partial charge on any atom is -0.466 e. The molecule has 1 N–H and O–H groups in total. The Morgan fingerprint density at radius 2 is 2.27 bits per heavy atom. The minimum atomic E-state index is -0.156.